The third kappa shape index (κ3) is 0.830. The van der Waals surface area contributed by atoms with Gasteiger partial charge < -0.3 is 5.11 Å². The van der Waals surface area contributed by atoms with E-state index in [9.17, 15) is 0 Å². The van der Waals surface area contributed by atoms with Crippen molar-refractivity contribution in [1.29, 1.82) is 0 Å². The molecule has 6 heavy (non-hydrogen) atoms. The van der Waals surface area contributed by atoms with E-state index < -0.39 is 0 Å². The lowest BCUT2D eigenvalue weighted by Crippen LogP contribution is -1.75. The molecule has 0 radical (unpaired) electrons. The standard InChI is InChI=1S/C5H8O/c6-4-3-5-1-2-5/h1,6H,2-4H2. The molecular formula is C5H8O. The molecule has 0 aliphatic heterocycles. The van der Waals surface area contributed by atoms with E-state index in [1.165, 1.54) is 5.57 Å². The predicted octanol–water partition coefficient (Wildman–Crippen LogP) is 0.699. The fourth-order valence-corrected chi connectivity index (χ4v) is 0.420. The largest absolute Gasteiger partial charge is 0.396 e. The van der Waals surface area contributed by atoms with Gasteiger partial charge in [-0.25, -0.2) is 0 Å². The molecule has 0 aromatic carbocycles. The number of hydrogen-bond donors (Lipinski definition) is 1. The highest BCUT2D eigenvalue weighted by Gasteiger charge is 2.03. The lowest BCUT2D eigenvalue weighted by atomic mass is 10.4. The number of rotatable bonds is 2. The van der Waals surface area contributed by atoms with Crippen molar-refractivity contribution < 1.29 is 5.11 Å². The van der Waals surface area contributed by atoms with Gasteiger partial charge in [0.1, 0.15) is 0 Å². The second-order valence-electron chi connectivity index (χ2n) is 1.54. The van der Waals surface area contributed by atoms with E-state index in [1.807, 2.05) is 0 Å². The van der Waals surface area contributed by atoms with Crippen LogP contribution in [0.2, 0.25) is 0 Å². The molecule has 0 unspecified atom stereocenters. The van der Waals surface area contributed by atoms with Crippen LogP contribution < -0.4 is 0 Å². The molecule has 0 saturated heterocycles. The highest BCUT2D eigenvalue weighted by molar-refractivity contribution is 5.21. The van der Waals surface area contributed by atoms with Gasteiger partial charge in [-0.2, -0.15) is 0 Å². The highest BCUT2D eigenvalue weighted by Crippen LogP contribution is 2.20. The molecule has 0 aromatic heterocycles. The Labute approximate surface area is 37.3 Å². The zero-order valence-electron chi connectivity index (χ0n) is 3.65. The maximum Gasteiger partial charge on any atom is 0.0468 e. The number of aliphatic hydroxyl groups excluding tert-OH is 1. The van der Waals surface area contributed by atoms with E-state index >= 15 is 0 Å². The van der Waals surface area contributed by atoms with Crippen molar-refractivity contribution in [3.63, 3.8) is 0 Å². The van der Waals surface area contributed by atoms with Crippen molar-refractivity contribution in [2.24, 2.45) is 0 Å². The van der Waals surface area contributed by atoms with Crippen LogP contribution in [0.1, 0.15) is 12.8 Å². The Hall–Kier alpha value is -0.300. The minimum Gasteiger partial charge on any atom is -0.396 e. The van der Waals surface area contributed by atoms with Gasteiger partial charge in [0.15, 0.2) is 0 Å². The van der Waals surface area contributed by atoms with Crippen LogP contribution in [0.25, 0.3) is 0 Å². The van der Waals surface area contributed by atoms with E-state index in [0.717, 1.165) is 12.8 Å². The van der Waals surface area contributed by atoms with Gasteiger partial charge in [-0.05, 0) is 12.8 Å². The molecule has 1 rings (SSSR count). The van der Waals surface area contributed by atoms with Crippen molar-refractivity contribution in [2.45, 2.75) is 12.8 Å². The second-order valence-corrected chi connectivity index (χ2v) is 1.54. The van der Waals surface area contributed by atoms with Crippen molar-refractivity contribution >= 4 is 0 Å². The van der Waals surface area contributed by atoms with Crippen LogP contribution >= 0.6 is 0 Å². The molecule has 1 aliphatic carbocycles. The van der Waals surface area contributed by atoms with E-state index in [1.54, 1.807) is 0 Å². The lowest BCUT2D eigenvalue weighted by molar-refractivity contribution is 0.300. The number of hydrogen-bond acceptors (Lipinski definition) is 1. The summed E-state index contributed by atoms with van der Waals surface area (Å²) in [6.45, 7) is 0.325. The van der Waals surface area contributed by atoms with E-state index in [0.29, 0.717) is 6.61 Å². The third-order valence-corrected chi connectivity index (χ3v) is 0.926. The highest BCUT2D eigenvalue weighted by atomic mass is 16.2. The van der Waals surface area contributed by atoms with Crippen LogP contribution in [0.4, 0.5) is 0 Å². The average molecular weight is 84.1 g/mol. The lowest BCUT2D eigenvalue weighted by Gasteiger charge is -1.79. The summed E-state index contributed by atoms with van der Waals surface area (Å²) in [5.41, 5.74) is 1.41. The smallest absolute Gasteiger partial charge is 0.0468 e. The summed E-state index contributed by atoms with van der Waals surface area (Å²) in [5.74, 6) is 0. The first-order valence-electron chi connectivity index (χ1n) is 2.22. The Morgan fingerprint density at radius 1 is 1.83 bits per heavy atom. The van der Waals surface area contributed by atoms with Gasteiger partial charge in [0, 0.05) is 6.61 Å². The molecule has 0 atom stereocenters. The average Bonchev–Trinajstić information content (AvgIpc) is 2.21. The van der Waals surface area contributed by atoms with Crippen LogP contribution in [0.15, 0.2) is 11.6 Å². The zero-order valence-corrected chi connectivity index (χ0v) is 3.65. The fourth-order valence-electron chi connectivity index (χ4n) is 0.420. The van der Waals surface area contributed by atoms with Gasteiger partial charge >= 0.3 is 0 Å². The van der Waals surface area contributed by atoms with Gasteiger partial charge in [-0.3, -0.25) is 0 Å². The summed E-state index contributed by atoms with van der Waals surface area (Å²) < 4.78 is 0. The van der Waals surface area contributed by atoms with Crippen LogP contribution in [0.3, 0.4) is 0 Å². The Morgan fingerprint density at radius 3 is 2.67 bits per heavy atom. The Morgan fingerprint density at radius 2 is 2.50 bits per heavy atom. The Balaban J connectivity index is 2.02. The van der Waals surface area contributed by atoms with E-state index in [-0.39, 0.29) is 0 Å². The maximum atomic E-state index is 8.24. The third-order valence-electron chi connectivity index (χ3n) is 0.926. The molecule has 1 aliphatic rings. The molecule has 0 bridgehead atoms. The van der Waals surface area contributed by atoms with Crippen molar-refractivity contribution in [1.82, 2.24) is 0 Å². The van der Waals surface area contributed by atoms with Gasteiger partial charge in [0.2, 0.25) is 0 Å². The molecule has 1 heteroatoms. The molecule has 34 valence electrons. The predicted molar refractivity (Wildman–Crippen MR) is 24.4 cm³/mol. The quantitative estimate of drug-likeness (QED) is 0.488. The molecule has 0 aromatic rings. The molecule has 0 amide bonds. The van der Waals surface area contributed by atoms with Gasteiger partial charge in [0.25, 0.3) is 0 Å². The zero-order chi connectivity index (χ0) is 4.41. The Bertz CT molecular complexity index is 74.0. The van der Waals surface area contributed by atoms with Gasteiger partial charge in [-0.1, -0.05) is 11.6 Å². The van der Waals surface area contributed by atoms with Gasteiger partial charge in [0.05, 0.1) is 0 Å². The molecule has 0 saturated carbocycles. The summed E-state index contributed by atoms with van der Waals surface area (Å²) in [5, 5.41) is 8.24. The molecular weight excluding hydrogens is 76.1 g/mol. The van der Waals surface area contributed by atoms with Crippen LogP contribution in [0.5, 0.6) is 0 Å². The summed E-state index contributed by atoms with van der Waals surface area (Å²) in [7, 11) is 0. The summed E-state index contributed by atoms with van der Waals surface area (Å²) >= 11 is 0. The van der Waals surface area contributed by atoms with Crippen LogP contribution in [0, 0.1) is 0 Å². The first-order valence-corrected chi connectivity index (χ1v) is 2.22. The molecule has 1 nitrogen and oxygen atoms in total. The molecule has 0 spiro atoms. The van der Waals surface area contributed by atoms with E-state index in [2.05, 4.69) is 6.08 Å². The minimum atomic E-state index is 0.325. The molecule has 1 N–H and O–H groups in total. The van der Waals surface area contributed by atoms with Crippen LogP contribution in [-0.2, 0) is 0 Å². The first-order chi connectivity index (χ1) is 2.93. The number of allylic oxidation sites excluding steroid dienone is 1. The SMILES string of the molecule is OCCC1=CC1. The summed E-state index contributed by atoms with van der Waals surface area (Å²) in [6.07, 6.45) is 4.19. The normalized spacial score (nSPS) is 17.2. The van der Waals surface area contributed by atoms with E-state index in [4.69, 9.17) is 5.11 Å². The molecule has 0 heterocycles. The topological polar surface area (TPSA) is 20.2 Å². The monoisotopic (exact) mass is 84.1 g/mol. The minimum absolute atomic E-state index is 0.325. The Kier molecular flexibility index (Phi) is 0.926. The van der Waals surface area contributed by atoms with Crippen LogP contribution in [-0.4, -0.2) is 11.7 Å². The fraction of sp³-hybridized carbons (Fsp3) is 0.600. The molecule has 0 fully saturated rings. The van der Waals surface area contributed by atoms with Crippen molar-refractivity contribution in [3.8, 4) is 0 Å². The maximum absolute atomic E-state index is 8.24. The second kappa shape index (κ2) is 1.43. The van der Waals surface area contributed by atoms with Crippen molar-refractivity contribution in [2.75, 3.05) is 6.61 Å². The first kappa shape index (κ1) is 3.88. The summed E-state index contributed by atoms with van der Waals surface area (Å²) in [6, 6.07) is 0. The van der Waals surface area contributed by atoms with Gasteiger partial charge in [-0.15, -0.1) is 0 Å². The van der Waals surface area contributed by atoms with Crippen molar-refractivity contribution in [3.05, 3.63) is 11.6 Å². The summed E-state index contributed by atoms with van der Waals surface area (Å²) in [4.78, 5) is 0. The number of aliphatic hydroxyl groups is 1.